The Balaban J connectivity index is 2.02. The predicted molar refractivity (Wildman–Crippen MR) is 75.0 cm³/mol. The number of rotatable bonds is 5. The van der Waals surface area contributed by atoms with Crippen LogP contribution in [-0.4, -0.2) is 30.6 Å². The summed E-state index contributed by atoms with van der Waals surface area (Å²) in [6, 6.07) is 7.04. The van der Waals surface area contributed by atoms with E-state index in [9.17, 15) is 9.59 Å². The van der Waals surface area contributed by atoms with E-state index in [0.29, 0.717) is 19.4 Å². The molecule has 0 spiro atoms. The summed E-state index contributed by atoms with van der Waals surface area (Å²) in [4.78, 5) is 23.5. The lowest BCUT2D eigenvalue weighted by Gasteiger charge is -2.18. The SMILES string of the molecule is Cc1ccccc1C[C@@H](NC(=O)[C@@H]1CCCO1)C(N)=O. The van der Waals surface area contributed by atoms with Crippen molar-refractivity contribution in [3.8, 4) is 0 Å². The third kappa shape index (κ3) is 3.57. The third-order valence-corrected chi connectivity index (χ3v) is 3.57. The van der Waals surface area contributed by atoms with E-state index in [-0.39, 0.29) is 5.91 Å². The van der Waals surface area contributed by atoms with Crippen molar-refractivity contribution in [3.63, 3.8) is 0 Å². The Labute approximate surface area is 118 Å². The smallest absolute Gasteiger partial charge is 0.249 e. The molecule has 1 aromatic carbocycles. The van der Waals surface area contributed by atoms with E-state index in [2.05, 4.69) is 5.32 Å². The molecule has 0 aromatic heterocycles. The van der Waals surface area contributed by atoms with Gasteiger partial charge in [-0.3, -0.25) is 9.59 Å². The van der Waals surface area contributed by atoms with Gasteiger partial charge in [-0.15, -0.1) is 0 Å². The molecule has 0 bridgehead atoms. The van der Waals surface area contributed by atoms with Crippen LogP contribution < -0.4 is 11.1 Å². The Morgan fingerprint density at radius 2 is 2.20 bits per heavy atom. The first-order chi connectivity index (χ1) is 9.58. The van der Waals surface area contributed by atoms with Crippen LogP contribution in [0.5, 0.6) is 0 Å². The van der Waals surface area contributed by atoms with Crippen LogP contribution in [0.15, 0.2) is 24.3 Å². The molecule has 1 aliphatic rings. The summed E-state index contributed by atoms with van der Waals surface area (Å²) in [6.45, 7) is 2.56. The molecule has 3 N–H and O–H groups in total. The van der Waals surface area contributed by atoms with E-state index in [1.807, 2.05) is 31.2 Å². The van der Waals surface area contributed by atoms with E-state index < -0.39 is 18.1 Å². The fourth-order valence-corrected chi connectivity index (χ4v) is 2.33. The van der Waals surface area contributed by atoms with Gasteiger partial charge in [-0.1, -0.05) is 24.3 Å². The second-order valence-corrected chi connectivity index (χ2v) is 5.10. The summed E-state index contributed by atoms with van der Waals surface area (Å²) in [5, 5.41) is 2.70. The molecule has 0 saturated carbocycles. The standard InChI is InChI=1S/C15H20N2O3/c1-10-5-2-3-6-11(10)9-12(14(16)18)17-15(19)13-7-4-8-20-13/h2-3,5-6,12-13H,4,7-9H2,1H3,(H2,16,18)(H,17,19)/t12-,13+/m1/s1. The van der Waals surface area contributed by atoms with Gasteiger partial charge in [0, 0.05) is 13.0 Å². The largest absolute Gasteiger partial charge is 0.368 e. The molecule has 108 valence electrons. The van der Waals surface area contributed by atoms with Crippen LogP contribution in [0.2, 0.25) is 0 Å². The Bertz CT molecular complexity index is 496. The molecule has 1 heterocycles. The molecule has 0 unspecified atom stereocenters. The molecule has 5 heteroatoms. The lowest BCUT2D eigenvalue weighted by Crippen LogP contribution is -2.49. The highest BCUT2D eigenvalue weighted by atomic mass is 16.5. The normalized spacial score (nSPS) is 19.6. The van der Waals surface area contributed by atoms with Crippen molar-refractivity contribution in [2.75, 3.05) is 6.61 Å². The Morgan fingerprint density at radius 3 is 2.80 bits per heavy atom. The first kappa shape index (κ1) is 14.5. The second kappa shape index (κ2) is 6.52. The van der Waals surface area contributed by atoms with Crippen LogP contribution >= 0.6 is 0 Å². The van der Waals surface area contributed by atoms with Crippen molar-refractivity contribution < 1.29 is 14.3 Å². The highest BCUT2D eigenvalue weighted by Crippen LogP contribution is 2.13. The minimum Gasteiger partial charge on any atom is -0.368 e. The Morgan fingerprint density at radius 1 is 1.45 bits per heavy atom. The van der Waals surface area contributed by atoms with Gasteiger partial charge in [0.1, 0.15) is 12.1 Å². The third-order valence-electron chi connectivity index (χ3n) is 3.57. The molecule has 20 heavy (non-hydrogen) atoms. The molecular formula is C15H20N2O3. The highest BCUT2D eigenvalue weighted by molar-refractivity contribution is 5.88. The van der Waals surface area contributed by atoms with Gasteiger partial charge >= 0.3 is 0 Å². The summed E-state index contributed by atoms with van der Waals surface area (Å²) in [6.07, 6.45) is 1.52. The highest BCUT2D eigenvalue weighted by Gasteiger charge is 2.27. The number of hydrogen-bond donors (Lipinski definition) is 2. The van der Waals surface area contributed by atoms with Crippen molar-refractivity contribution in [2.24, 2.45) is 5.73 Å². The van der Waals surface area contributed by atoms with Gasteiger partial charge in [0.15, 0.2) is 0 Å². The van der Waals surface area contributed by atoms with E-state index in [4.69, 9.17) is 10.5 Å². The fourth-order valence-electron chi connectivity index (χ4n) is 2.33. The van der Waals surface area contributed by atoms with Gasteiger partial charge in [-0.2, -0.15) is 0 Å². The molecule has 1 aromatic rings. The van der Waals surface area contributed by atoms with Gasteiger partial charge in [0.05, 0.1) is 0 Å². The molecule has 0 radical (unpaired) electrons. The average Bonchev–Trinajstić information content (AvgIpc) is 2.94. The maximum absolute atomic E-state index is 12.0. The van der Waals surface area contributed by atoms with Gasteiger partial charge in [-0.25, -0.2) is 0 Å². The Kier molecular flexibility index (Phi) is 4.74. The minimum atomic E-state index is -0.701. The molecule has 1 aliphatic heterocycles. The van der Waals surface area contributed by atoms with Gasteiger partial charge in [-0.05, 0) is 30.9 Å². The maximum Gasteiger partial charge on any atom is 0.249 e. The minimum absolute atomic E-state index is 0.250. The van der Waals surface area contributed by atoms with Crippen LogP contribution in [-0.2, 0) is 20.7 Å². The van der Waals surface area contributed by atoms with Crippen molar-refractivity contribution in [1.82, 2.24) is 5.32 Å². The predicted octanol–water partition coefficient (Wildman–Crippen LogP) is 0.687. The van der Waals surface area contributed by atoms with Crippen LogP contribution in [0.4, 0.5) is 0 Å². The number of ether oxygens (including phenoxy) is 1. The van der Waals surface area contributed by atoms with Crippen LogP contribution in [0.25, 0.3) is 0 Å². The molecular weight excluding hydrogens is 256 g/mol. The number of carbonyl (C=O) groups excluding carboxylic acids is 2. The van der Waals surface area contributed by atoms with Crippen molar-refractivity contribution in [2.45, 2.75) is 38.3 Å². The molecule has 2 amide bonds. The van der Waals surface area contributed by atoms with Crippen molar-refractivity contribution in [3.05, 3.63) is 35.4 Å². The monoisotopic (exact) mass is 276 g/mol. The van der Waals surface area contributed by atoms with E-state index in [1.54, 1.807) is 0 Å². The number of hydrogen-bond acceptors (Lipinski definition) is 3. The summed E-state index contributed by atoms with van der Waals surface area (Å²) in [5.74, 6) is -0.778. The van der Waals surface area contributed by atoms with Crippen molar-refractivity contribution >= 4 is 11.8 Å². The van der Waals surface area contributed by atoms with Crippen LogP contribution in [0.1, 0.15) is 24.0 Å². The fraction of sp³-hybridized carbons (Fsp3) is 0.467. The molecule has 5 nitrogen and oxygen atoms in total. The molecule has 1 saturated heterocycles. The van der Waals surface area contributed by atoms with Gasteiger partial charge in [0.2, 0.25) is 11.8 Å². The van der Waals surface area contributed by atoms with Crippen LogP contribution in [0, 0.1) is 6.92 Å². The summed E-state index contributed by atoms with van der Waals surface area (Å²) in [5.41, 5.74) is 7.46. The first-order valence-corrected chi connectivity index (χ1v) is 6.83. The number of amides is 2. The number of nitrogens with two attached hydrogens (primary N) is 1. The molecule has 2 atom stereocenters. The molecule has 1 fully saturated rings. The zero-order chi connectivity index (χ0) is 14.5. The van der Waals surface area contributed by atoms with Crippen LogP contribution in [0.3, 0.4) is 0 Å². The zero-order valence-corrected chi connectivity index (χ0v) is 11.6. The molecule has 0 aliphatic carbocycles. The number of nitrogens with one attached hydrogen (secondary N) is 1. The van der Waals surface area contributed by atoms with E-state index in [0.717, 1.165) is 17.5 Å². The zero-order valence-electron chi connectivity index (χ0n) is 11.6. The van der Waals surface area contributed by atoms with E-state index >= 15 is 0 Å². The lowest BCUT2D eigenvalue weighted by molar-refractivity contribution is -0.133. The maximum atomic E-state index is 12.0. The summed E-state index contributed by atoms with van der Waals surface area (Å²) >= 11 is 0. The number of aryl methyl sites for hydroxylation is 1. The second-order valence-electron chi connectivity index (χ2n) is 5.10. The van der Waals surface area contributed by atoms with Crippen molar-refractivity contribution in [1.29, 1.82) is 0 Å². The Hall–Kier alpha value is -1.88. The van der Waals surface area contributed by atoms with Gasteiger partial charge < -0.3 is 15.8 Å². The topological polar surface area (TPSA) is 81.4 Å². The number of primary amides is 1. The molecule has 2 rings (SSSR count). The first-order valence-electron chi connectivity index (χ1n) is 6.83. The average molecular weight is 276 g/mol. The quantitative estimate of drug-likeness (QED) is 0.830. The summed E-state index contributed by atoms with van der Waals surface area (Å²) < 4.78 is 5.31. The van der Waals surface area contributed by atoms with Gasteiger partial charge in [0.25, 0.3) is 0 Å². The number of carbonyl (C=O) groups is 2. The lowest BCUT2D eigenvalue weighted by atomic mass is 10.0. The number of benzene rings is 1. The van der Waals surface area contributed by atoms with E-state index in [1.165, 1.54) is 0 Å². The summed E-state index contributed by atoms with van der Waals surface area (Å²) in [7, 11) is 0.